The minimum atomic E-state index is -0.964. The van der Waals surface area contributed by atoms with Crippen molar-refractivity contribution >= 4 is 76.1 Å². The van der Waals surface area contributed by atoms with Crippen LogP contribution in [-0.4, -0.2) is 37.5 Å². The van der Waals surface area contributed by atoms with Crippen LogP contribution in [0.5, 0.6) is 0 Å². The fourth-order valence-corrected chi connectivity index (χ4v) is 13.1. The minimum absolute atomic E-state index is 0.0000429. The van der Waals surface area contributed by atoms with Gasteiger partial charge >= 0.3 is 0 Å². The van der Waals surface area contributed by atoms with E-state index in [1.165, 1.54) is 48.7 Å². The van der Waals surface area contributed by atoms with E-state index < -0.39 is 25.5 Å². The highest BCUT2D eigenvalue weighted by Crippen LogP contribution is 2.62. The van der Waals surface area contributed by atoms with Gasteiger partial charge in [0.1, 0.15) is 11.2 Å². The molecular formula is C69H70N2OS2. The van der Waals surface area contributed by atoms with Crippen molar-refractivity contribution in [2.24, 2.45) is 0 Å². The van der Waals surface area contributed by atoms with Gasteiger partial charge in [-0.1, -0.05) is 151 Å². The minimum Gasteiger partial charge on any atom is -0.455 e. The van der Waals surface area contributed by atoms with Crippen molar-refractivity contribution in [3.8, 4) is 11.1 Å². The number of hydrogen-bond acceptors (Lipinski definition) is 3. The van der Waals surface area contributed by atoms with Gasteiger partial charge in [-0.2, -0.15) is 0 Å². The smallest absolute Gasteiger partial charge is 0.145 e. The summed E-state index contributed by atoms with van der Waals surface area (Å²) in [4.78, 5) is 7.70. The van der Waals surface area contributed by atoms with Crippen molar-refractivity contribution in [3.63, 3.8) is 0 Å². The zero-order chi connectivity index (χ0) is 52.0. The first-order valence-corrected chi connectivity index (χ1v) is 31.6. The maximum atomic E-state index is 7.37. The number of para-hydroxylation sites is 1. The van der Waals surface area contributed by atoms with Crippen molar-refractivity contribution in [2.75, 3.05) is 47.3 Å². The number of rotatable bonds is 10. The lowest BCUT2D eigenvalue weighted by Crippen LogP contribution is -2.29. The van der Waals surface area contributed by atoms with Crippen molar-refractivity contribution in [2.45, 2.75) is 67.6 Å². The molecule has 0 unspecified atom stereocenters. The van der Waals surface area contributed by atoms with Crippen molar-refractivity contribution < 1.29 is 4.42 Å². The van der Waals surface area contributed by atoms with E-state index >= 15 is 0 Å². The molecule has 0 spiro atoms. The highest BCUT2D eigenvalue weighted by atomic mass is 32.3. The molecule has 0 amide bonds. The molecule has 0 fully saturated rings. The third kappa shape index (κ3) is 8.52. The predicted octanol–water partition coefficient (Wildman–Crippen LogP) is 19.6. The lowest BCUT2D eigenvalue weighted by atomic mass is 9.67. The van der Waals surface area contributed by atoms with Crippen LogP contribution in [0.3, 0.4) is 0 Å². The summed E-state index contributed by atoms with van der Waals surface area (Å²) < 4.78 is 7.37. The van der Waals surface area contributed by atoms with Crippen LogP contribution in [0.2, 0.25) is 0 Å². The summed E-state index contributed by atoms with van der Waals surface area (Å²) in [5.41, 5.74) is 17.3. The molecule has 1 aromatic heterocycles. The first kappa shape index (κ1) is 49.3. The summed E-state index contributed by atoms with van der Waals surface area (Å²) in [5.74, 6) is 0. The van der Waals surface area contributed by atoms with E-state index in [9.17, 15) is 0 Å². The second-order valence-electron chi connectivity index (χ2n) is 23.8. The Kier molecular flexibility index (Phi) is 12.1. The van der Waals surface area contributed by atoms with Crippen LogP contribution in [0.1, 0.15) is 74.9 Å². The number of furan rings is 1. The third-order valence-corrected chi connectivity index (χ3v) is 18.6. The molecule has 10 aromatic rings. The average molecular weight is 1010 g/mol. The van der Waals surface area contributed by atoms with Crippen LogP contribution in [0.4, 0.5) is 34.1 Å². The Morgan fingerprint density at radius 3 is 1.28 bits per heavy atom. The number of anilines is 6. The van der Waals surface area contributed by atoms with Gasteiger partial charge in [0.05, 0.1) is 16.5 Å². The normalized spacial score (nSPS) is 13.9. The quantitative estimate of drug-likeness (QED) is 0.136. The Hall–Kier alpha value is -6.92. The molecule has 74 heavy (non-hydrogen) atoms. The summed E-state index contributed by atoms with van der Waals surface area (Å²) in [7, 11) is -1.89. The largest absolute Gasteiger partial charge is 0.455 e. The zero-order valence-corrected chi connectivity index (χ0v) is 46.9. The molecule has 5 heteroatoms. The fraction of sp³-hybridized carbons (Fsp3) is 0.217. The van der Waals surface area contributed by atoms with Crippen LogP contribution in [0.25, 0.3) is 33.1 Å². The summed E-state index contributed by atoms with van der Waals surface area (Å²) in [6, 6.07) is 77.8. The van der Waals surface area contributed by atoms with E-state index in [2.05, 4.69) is 295 Å². The number of benzene rings is 9. The van der Waals surface area contributed by atoms with E-state index in [1.807, 2.05) is 0 Å². The molecule has 0 bridgehead atoms. The first-order valence-electron chi connectivity index (χ1n) is 25.9. The third-order valence-electron chi connectivity index (χ3n) is 15.2. The van der Waals surface area contributed by atoms with Crippen molar-refractivity contribution in [3.05, 3.63) is 240 Å². The molecule has 374 valence electrons. The van der Waals surface area contributed by atoms with Gasteiger partial charge in [-0.05, 0) is 194 Å². The van der Waals surface area contributed by atoms with Crippen LogP contribution in [0.15, 0.2) is 220 Å². The Balaban J connectivity index is 1.25. The molecule has 0 saturated heterocycles. The Labute approximate surface area is 443 Å². The highest BCUT2D eigenvalue weighted by Gasteiger charge is 2.49. The van der Waals surface area contributed by atoms with E-state index in [0.717, 1.165) is 61.6 Å². The number of hydrogen-bond donors (Lipinski definition) is 0. The fourth-order valence-electron chi connectivity index (χ4n) is 11.2. The van der Waals surface area contributed by atoms with Gasteiger partial charge in [0.25, 0.3) is 0 Å². The van der Waals surface area contributed by atoms with E-state index in [4.69, 9.17) is 4.42 Å². The SMILES string of the molecule is CC(C)(C)c1ccc(N(c2ccc(S(C)(C)C)cc2)c2ccc3c(c2)C(c2ccccc2)(c2ccccc2)c2cc(N(c4ccc(C(C)(C)C)cc4)c4ccc(S(C)(C)C)cc4)c4c(oc5ccccc54)c2-3)cc1. The summed E-state index contributed by atoms with van der Waals surface area (Å²) >= 11 is 0. The second kappa shape index (κ2) is 18.2. The van der Waals surface area contributed by atoms with Gasteiger partial charge < -0.3 is 14.2 Å². The van der Waals surface area contributed by atoms with E-state index in [-0.39, 0.29) is 10.8 Å². The van der Waals surface area contributed by atoms with Crippen LogP contribution >= 0.6 is 20.1 Å². The molecule has 1 aliphatic rings. The summed E-state index contributed by atoms with van der Waals surface area (Å²) in [6.45, 7) is 13.7. The molecule has 9 aromatic carbocycles. The topological polar surface area (TPSA) is 19.6 Å². The predicted molar refractivity (Wildman–Crippen MR) is 325 cm³/mol. The summed E-state index contributed by atoms with van der Waals surface area (Å²) in [5, 5.41) is 2.19. The average Bonchev–Trinajstić information content (AvgIpc) is 3.96. The van der Waals surface area contributed by atoms with Crippen molar-refractivity contribution in [1.82, 2.24) is 0 Å². The lowest BCUT2D eigenvalue weighted by molar-refractivity contribution is 0.590. The zero-order valence-electron chi connectivity index (χ0n) is 45.2. The molecular weight excluding hydrogens is 937 g/mol. The van der Waals surface area contributed by atoms with Gasteiger partial charge in [0.2, 0.25) is 0 Å². The van der Waals surface area contributed by atoms with Crippen LogP contribution in [0, 0.1) is 0 Å². The van der Waals surface area contributed by atoms with Crippen LogP contribution < -0.4 is 9.80 Å². The maximum absolute atomic E-state index is 7.37. The highest BCUT2D eigenvalue weighted by molar-refractivity contribution is 8.32. The Morgan fingerprint density at radius 2 is 0.824 bits per heavy atom. The first-order chi connectivity index (χ1) is 35.2. The monoisotopic (exact) mass is 1010 g/mol. The van der Waals surface area contributed by atoms with Gasteiger partial charge in [-0.3, -0.25) is 0 Å². The Morgan fingerprint density at radius 1 is 0.405 bits per heavy atom. The molecule has 1 heterocycles. The maximum Gasteiger partial charge on any atom is 0.145 e. The molecule has 1 aliphatic carbocycles. The van der Waals surface area contributed by atoms with Gasteiger partial charge in [-0.15, -0.1) is 0 Å². The van der Waals surface area contributed by atoms with Gasteiger partial charge in [0, 0.05) is 39.4 Å². The van der Waals surface area contributed by atoms with Crippen molar-refractivity contribution in [1.29, 1.82) is 0 Å². The molecule has 0 aliphatic heterocycles. The lowest BCUT2D eigenvalue weighted by Gasteiger charge is -2.36. The van der Waals surface area contributed by atoms with Gasteiger partial charge in [-0.25, -0.2) is 20.1 Å². The molecule has 0 N–H and O–H groups in total. The molecule has 0 saturated carbocycles. The Bertz CT molecular complexity index is 3510. The molecule has 0 radical (unpaired) electrons. The number of nitrogens with zero attached hydrogens (tertiary/aromatic N) is 2. The molecule has 3 nitrogen and oxygen atoms in total. The molecule has 0 atom stereocenters. The second-order valence-corrected chi connectivity index (χ2v) is 32.1. The van der Waals surface area contributed by atoms with E-state index in [1.54, 1.807) is 0 Å². The standard InChI is InChI=1S/C69H70N2OS2/c1-67(2,3)47-27-31-51(32-28-47)70(52-35-40-56(41-36-52)73(7,8)9)55-39-44-58-60(45-55)69(49-21-15-13-16-22-49,50-23-17-14-18-24-50)61-46-62(65-59-25-19-20-26-63(59)72-66(65)64(58)61)71(53-33-29-48(30-34-53)68(4,5)6)54-37-42-57(43-38-54)74(10,11)12/h13-46H,1-12H3. The van der Waals surface area contributed by atoms with Crippen LogP contribution in [-0.2, 0) is 16.2 Å². The van der Waals surface area contributed by atoms with Gasteiger partial charge in [0.15, 0.2) is 0 Å². The number of fused-ring (bicyclic) bond motifs is 7. The molecule has 11 rings (SSSR count). The van der Waals surface area contributed by atoms with E-state index in [0.29, 0.717) is 0 Å². The summed E-state index contributed by atoms with van der Waals surface area (Å²) in [6.07, 6.45) is 14.2.